The molecule has 1 fully saturated rings. The number of hydrogen-bond donors (Lipinski definition) is 1. The smallest absolute Gasteiger partial charge is 0.237 e. The molecular formula is C14H23N3OS. The van der Waals surface area contributed by atoms with Crippen LogP contribution in [0.2, 0.25) is 0 Å². The highest BCUT2D eigenvalue weighted by atomic mass is 32.1. The number of thiazole rings is 1. The molecule has 1 atom stereocenters. The summed E-state index contributed by atoms with van der Waals surface area (Å²) in [6.45, 7) is 8.31. The number of hydrogen-bond acceptors (Lipinski definition) is 4. The topological polar surface area (TPSA) is 45.2 Å². The number of rotatable bonds is 3. The van der Waals surface area contributed by atoms with Gasteiger partial charge in [0.15, 0.2) is 0 Å². The first-order valence-electron chi connectivity index (χ1n) is 6.82. The maximum Gasteiger partial charge on any atom is 0.237 e. The van der Waals surface area contributed by atoms with Crippen LogP contribution in [0.25, 0.3) is 0 Å². The van der Waals surface area contributed by atoms with Gasteiger partial charge in [-0.05, 0) is 19.4 Å². The summed E-state index contributed by atoms with van der Waals surface area (Å²) >= 11 is 1.72. The molecule has 1 N–H and O–H groups in total. The number of nitrogens with zero attached hydrogens (tertiary/aromatic N) is 2. The Bertz CT molecular complexity index is 450. The van der Waals surface area contributed by atoms with E-state index in [4.69, 9.17) is 4.98 Å². The predicted molar refractivity (Wildman–Crippen MR) is 78.3 cm³/mol. The van der Waals surface area contributed by atoms with Gasteiger partial charge in [-0.15, -0.1) is 11.3 Å². The molecule has 2 heterocycles. The normalized spacial score (nSPS) is 20.7. The fourth-order valence-electron chi connectivity index (χ4n) is 2.41. The van der Waals surface area contributed by atoms with Gasteiger partial charge < -0.3 is 5.32 Å². The maximum atomic E-state index is 11.8. The summed E-state index contributed by atoms with van der Waals surface area (Å²) in [5, 5.41) is 6.04. The highest BCUT2D eigenvalue weighted by Crippen LogP contribution is 2.27. The molecule has 1 unspecified atom stereocenters. The Kier molecular flexibility index (Phi) is 4.26. The Labute approximate surface area is 119 Å². The number of nitrogens with one attached hydrogen (secondary N) is 1. The van der Waals surface area contributed by atoms with Gasteiger partial charge in [-0.25, -0.2) is 4.98 Å². The van der Waals surface area contributed by atoms with Crippen LogP contribution in [0.15, 0.2) is 5.38 Å². The van der Waals surface area contributed by atoms with Crippen molar-refractivity contribution in [2.24, 2.45) is 0 Å². The Balaban J connectivity index is 2.04. The monoisotopic (exact) mass is 281 g/mol. The molecule has 1 aromatic heterocycles. The van der Waals surface area contributed by atoms with Gasteiger partial charge in [0.05, 0.1) is 16.7 Å². The summed E-state index contributed by atoms with van der Waals surface area (Å²) in [7, 11) is 1.71. The minimum Gasteiger partial charge on any atom is -0.358 e. The van der Waals surface area contributed by atoms with Crippen LogP contribution < -0.4 is 5.32 Å². The molecule has 0 aliphatic carbocycles. The van der Waals surface area contributed by atoms with Crippen LogP contribution in [-0.2, 0) is 16.8 Å². The van der Waals surface area contributed by atoms with Crippen LogP contribution in [0.3, 0.4) is 0 Å². The number of carbonyl (C=O) groups is 1. The summed E-state index contributed by atoms with van der Waals surface area (Å²) in [5.41, 5.74) is 1.19. The van der Waals surface area contributed by atoms with Crippen molar-refractivity contribution in [3.05, 3.63) is 16.1 Å². The number of amides is 1. The van der Waals surface area contributed by atoms with E-state index in [9.17, 15) is 4.79 Å². The summed E-state index contributed by atoms with van der Waals surface area (Å²) < 4.78 is 0. The molecule has 1 aromatic rings. The largest absolute Gasteiger partial charge is 0.358 e. The average Bonchev–Trinajstić information content (AvgIpc) is 2.97. The second kappa shape index (κ2) is 5.59. The van der Waals surface area contributed by atoms with Crippen molar-refractivity contribution in [3.8, 4) is 0 Å². The number of aromatic nitrogens is 1. The van der Waals surface area contributed by atoms with Crippen molar-refractivity contribution in [1.82, 2.24) is 15.2 Å². The molecule has 1 aliphatic rings. The van der Waals surface area contributed by atoms with Gasteiger partial charge >= 0.3 is 0 Å². The molecule has 0 radical (unpaired) electrons. The third-order valence-electron chi connectivity index (χ3n) is 3.47. The van der Waals surface area contributed by atoms with E-state index in [-0.39, 0.29) is 17.4 Å². The van der Waals surface area contributed by atoms with E-state index in [1.807, 2.05) is 0 Å². The van der Waals surface area contributed by atoms with E-state index in [0.29, 0.717) is 0 Å². The lowest BCUT2D eigenvalue weighted by atomic mass is 9.98. The molecule has 0 spiro atoms. The number of likely N-dealkylation sites (tertiary alicyclic amines) is 1. The van der Waals surface area contributed by atoms with Crippen molar-refractivity contribution in [2.45, 2.75) is 51.6 Å². The van der Waals surface area contributed by atoms with Crippen LogP contribution in [0.4, 0.5) is 0 Å². The molecule has 1 aliphatic heterocycles. The second-order valence-corrected chi connectivity index (χ2v) is 6.99. The van der Waals surface area contributed by atoms with Crippen molar-refractivity contribution in [1.29, 1.82) is 0 Å². The first-order chi connectivity index (χ1) is 8.91. The standard InChI is InChI=1S/C14H23N3OS/c1-14(2,3)13-16-10(9-19-13)8-17-7-5-6-11(17)12(18)15-4/h9,11H,5-8H2,1-4H3,(H,15,18). The summed E-state index contributed by atoms with van der Waals surface area (Å²) in [6, 6.07) is 0.0183. The Morgan fingerprint density at radius 2 is 2.32 bits per heavy atom. The van der Waals surface area contributed by atoms with Crippen molar-refractivity contribution < 1.29 is 4.79 Å². The lowest BCUT2D eigenvalue weighted by Crippen LogP contribution is -2.41. The van der Waals surface area contributed by atoms with Crippen LogP contribution in [0, 0.1) is 0 Å². The zero-order chi connectivity index (χ0) is 14.0. The highest BCUT2D eigenvalue weighted by Gasteiger charge is 2.30. The van der Waals surface area contributed by atoms with Crippen LogP contribution >= 0.6 is 11.3 Å². The Hall–Kier alpha value is -0.940. The molecule has 1 amide bonds. The van der Waals surface area contributed by atoms with Crippen LogP contribution in [-0.4, -0.2) is 35.4 Å². The van der Waals surface area contributed by atoms with Crippen molar-refractivity contribution >= 4 is 17.2 Å². The average molecular weight is 281 g/mol. The fraction of sp³-hybridized carbons (Fsp3) is 0.714. The lowest BCUT2D eigenvalue weighted by Gasteiger charge is -2.22. The first kappa shape index (κ1) is 14.5. The predicted octanol–water partition coefficient (Wildman–Crippen LogP) is 2.15. The minimum absolute atomic E-state index is 0.0183. The summed E-state index contributed by atoms with van der Waals surface area (Å²) in [4.78, 5) is 18.8. The number of carbonyl (C=O) groups excluding carboxylic acids is 1. The van der Waals surface area contributed by atoms with Crippen LogP contribution in [0.5, 0.6) is 0 Å². The van der Waals surface area contributed by atoms with Gasteiger partial charge in [-0.3, -0.25) is 9.69 Å². The third-order valence-corrected chi connectivity index (χ3v) is 4.79. The molecule has 19 heavy (non-hydrogen) atoms. The molecule has 106 valence electrons. The minimum atomic E-state index is 0.0183. The molecular weight excluding hydrogens is 258 g/mol. The number of likely N-dealkylation sites (N-methyl/N-ethyl adjacent to an activating group) is 1. The van der Waals surface area contributed by atoms with Gasteiger partial charge in [0.25, 0.3) is 0 Å². The van der Waals surface area contributed by atoms with Gasteiger partial charge in [0.2, 0.25) is 5.91 Å². The summed E-state index contributed by atoms with van der Waals surface area (Å²) in [5.74, 6) is 0.128. The maximum absolute atomic E-state index is 11.8. The Morgan fingerprint density at radius 3 is 2.89 bits per heavy atom. The molecule has 5 heteroatoms. The SMILES string of the molecule is CNC(=O)C1CCCN1Cc1csc(C(C)(C)C)n1. The van der Waals surface area contributed by atoms with E-state index in [1.54, 1.807) is 18.4 Å². The molecule has 4 nitrogen and oxygen atoms in total. The van der Waals surface area contributed by atoms with Gasteiger partial charge in [0.1, 0.15) is 0 Å². The quantitative estimate of drug-likeness (QED) is 0.923. The van der Waals surface area contributed by atoms with Crippen LogP contribution in [0.1, 0.15) is 44.3 Å². The second-order valence-electron chi connectivity index (χ2n) is 6.14. The van der Waals surface area contributed by atoms with E-state index < -0.39 is 0 Å². The zero-order valence-electron chi connectivity index (χ0n) is 12.2. The molecule has 2 rings (SSSR count). The molecule has 0 bridgehead atoms. The molecule has 1 saturated heterocycles. The Morgan fingerprint density at radius 1 is 1.58 bits per heavy atom. The molecule has 0 aromatic carbocycles. The van der Waals surface area contributed by atoms with Gasteiger partial charge in [-0.1, -0.05) is 20.8 Å². The fourth-order valence-corrected chi connectivity index (χ4v) is 3.31. The van der Waals surface area contributed by atoms with Gasteiger partial charge in [-0.2, -0.15) is 0 Å². The highest BCUT2D eigenvalue weighted by molar-refractivity contribution is 7.09. The van der Waals surface area contributed by atoms with Gasteiger partial charge in [0, 0.05) is 24.4 Å². The van der Waals surface area contributed by atoms with E-state index >= 15 is 0 Å². The van der Waals surface area contributed by atoms with Crippen molar-refractivity contribution in [3.63, 3.8) is 0 Å². The van der Waals surface area contributed by atoms with E-state index in [1.165, 1.54) is 0 Å². The first-order valence-corrected chi connectivity index (χ1v) is 7.70. The third kappa shape index (κ3) is 3.34. The molecule has 0 saturated carbocycles. The van der Waals surface area contributed by atoms with E-state index in [0.717, 1.165) is 36.6 Å². The van der Waals surface area contributed by atoms with E-state index in [2.05, 4.69) is 36.4 Å². The lowest BCUT2D eigenvalue weighted by molar-refractivity contribution is -0.125. The van der Waals surface area contributed by atoms with Crippen molar-refractivity contribution in [2.75, 3.05) is 13.6 Å². The zero-order valence-corrected chi connectivity index (χ0v) is 13.0. The summed E-state index contributed by atoms with van der Waals surface area (Å²) in [6.07, 6.45) is 2.05.